The summed E-state index contributed by atoms with van der Waals surface area (Å²) in [4.78, 5) is 15.0. The number of benzene rings is 1. The normalized spacial score (nSPS) is 22.1. The fourth-order valence-corrected chi connectivity index (χ4v) is 3.22. The summed E-state index contributed by atoms with van der Waals surface area (Å²) in [6.07, 6.45) is 1.85. The van der Waals surface area contributed by atoms with E-state index in [1.165, 1.54) is 0 Å². The minimum atomic E-state index is -0.324. The van der Waals surface area contributed by atoms with Crippen LogP contribution in [0.3, 0.4) is 0 Å². The first-order valence-corrected chi connectivity index (χ1v) is 8.36. The fourth-order valence-electron chi connectivity index (χ4n) is 3.10. The molecule has 1 aromatic rings. The van der Waals surface area contributed by atoms with Crippen molar-refractivity contribution in [1.82, 2.24) is 10.2 Å². The molecule has 120 valence electrons. The highest BCUT2D eigenvalue weighted by Crippen LogP contribution is 2.48. The van der Waals surface area contributed by atoms with Gasteiger partial charge in [0.15, 0.2) is 0 Å². The highest BCUT2D eigenvalue weighted by molar-refractivity contribution is 6.30. The minimum Gasteiger partial charge on any atom is -0.379 e. The molecular formula is C17H23ClN2O2. The molecule has 1 unspecified atom stereocenters. The Labute approximate surface area is 136 Å². The Balaban J connectivity index is 1.56. The molecule has 1 saturated heterocycles. The van der Waals surface area contributed by atoms with Crippen molar-refractivity contribution in [3.8, 4) is 0 Å². The third-order valence-electron chi connectivity index (χ3n) is 4.81. The number of ether oxygens (including phenoxy) is 1. The summed E-state index contributed by atoms with van der Waals surface area (Å²) in [5, 5.41) is 3.85. The van der Waals surface area contributed by atoms with Crippen molar-refractivity contribution in [2.75, 3.05) is 32.8 Å². The second-order valence-electron chi connectivity index (χ2n) is 6.30. The molecule has 0 aromatic heterocycles. The summed E-state index contributed by atoms with van der Waals surface area (Å²) in [5.74, 6) is 0.148. The van der Waals surface area contributed by atoms with E-state index in [1.807, 2.05) is 24.3 Å². The number of morpholine rings is 1. The molecule has 1 heterocycles. The third-order valence-corrected chi connectivity index (χ3v) is 5.06. The molecule has 1 aromatic carbocycles. The van der Waals surface area contributed by atoms with Crippen LogP contribution in [0.5, 0.6) is 0 Å². The van der Waals surface area contributed by atoms with Crippen LogP contribution in [0.4, 0.5) is 0 Å². The first-order chi connectivity index (χ1) is 10.6. The molecule has 4 nitrogen and oxygen atoms in total. The van der Waals surface area contributed by atoms with Crippen molar-refractivity contribution < 1.29 is 9.53 Å². The van der Waals surface area contributed by atoms with Gasteiger partial charge in [-0.15, -0.1) is 0 Å². The van der Waals surface area contributed by atoms with E-state index in [0.717, 1.165) is 44.7 Å². The fraction of sp³-hybridized carbons (Fsp3) is 0.588. The van der Waals surface area contributed by atoms with Crippen LogP contribution < -0.4 is 5.32 Å². The van der Waals surface area contributed by atoms with Crippen LogP contribution in [-0.2, 0) is 14.9 Å². The van der Waals surface area contributed by atoms with Gasteiger partial charge in [0.2, 0.25) is 5.91 Å². The number of hydrogen-bond acceptors (Lipinski definition) is 3. The first kappa shape index (κ1) is 15.8. The molecule has 3 rings (SSSR count). The molecule has 2 fully saturated rings. The van der Waals surface area contributed by atoms with Gasteiger partial charge in [0.1, 0.15) is 0 Å². The first-order valence-electron chi connectivity index (χ1n) is 7.98. The molecule has 1 saturated carbocycles. The van der Waals surface area contributed by atoms with Crippen molar-refractivity contribution in [2.24, 2.45) is 0 Å². The van der Waals surface area contributed by atoms with E-state index in [0.29, 0.717) is 17.6 Å². The zero-order valence-corrected chi connectivity index (χ0v) is 13.7. The number of carbonyl (C=O) groups excluding carboxylic acids is 1. The molecule has 1 aliphatic heterocycles. The average Bonchev–Trinajstić information content (AvgIpc) is 3.35. The Kier molecular flexibility index (Phi) is 4.71. The van der Waals surface area contributed by atoms with Crippen LogP contribution in [0, 0.1) is 0 Å². The third kappa shape index (κ3) is 3.29. The maximum atomic E-state index is 12.6. The van der Waals surface area contributed by atoms with E-state index < -0.39 is 0 Å². The van der Waals surface area contributed by atoms with E-state index in [4.69, 9.17) is 16.3 Å². The lowest BCUT2D eigenvalue weighted by atomic mass is 9.95. The molecule has 1 N–H and O–H groups in total. The summed E-state index contributed by atoms with van der Waals surface area (Å²) < 4.78 is 5.37. The van der Waals surface area contributed by atoms with Gasteiger partial charge in [-0.1, -0.05) is 23.7 Å². The number of hydrogen-bond donors (Lipinski definition) is 1. The summed E-state index contributed by atoms with van der Waals surface area (Å²) in [7, 11) is 0. The second kappa shape index (κ2) is 6.57. The molecule has 2 aliphatic rings. The van der Waals surface area contributed by atoms with Crippen LogP contribution in [0.1, 0.15) is 25.3 Å². The number of amides is 1. The zero-order valence-electron chi connectivity index (χ0n) is 13.0. The van der Waals surface area contributed by atoms with Gasteiger partial charge in [0.25, 0.3) is 0 Å². The van der Waals surface area contributed by atoms with Crippen LogP contribution in [-0.4, -0.2) is 49.7 Å². The Bertz CT molecular complexity index is 522. The molecule has 1 atom stereocenters. The lowest BCUT2D eigenvalue weighted by Crippen LogP contribution is -2.48. The molecule has 1 amide bonds. The van der Waals surface area contributed by atoms with E-state index in [2.05, 4.69) is 17.1 Å². The van der Waals surface area contributed by atoms with E-state index in [9.17, 15) is 4.79 Å². The highest BCUT2D eigenvalue weighted by Gasteiger charge is 2.51. The van der Waals surface area contributed by atoms with Gasteiger partial charge in [-0.3, -0.25) is 9.69 Å². The van der Waals surface area contributed by atoms with Crippen LogP contribution >= 0.6 is 11.6 Å². The van der Waals surface area contributed by atoms with Crippen molar-refractivity contribution in [3.05, 3.63) is 34.9 Å². The Morgan fingerprint density at radius 3 is 2.55 bits per heavy atom. The van der Waals surface area contributed by atoms with Gasteiger partial charge < -0.3 is 10.1 Å². The van der Waals surface area contributed by atoms with Gasteiger partial charge in [-0.05, 0) is 37.5 Å². The average molecular weight is 323 g/mol. The molecule has 0 radical (unpaired) electrons. The highest BCUT2D eigenvalue weighted by atomic mass is 35.5. The van der Waals surface area contributed by atoms with E-state index in [1.54, 1.807) is 0 Å². The largest absolute Gasteiger partial charge is 0.379 e. The Hall–Kier alpha value is -1.10. The summed E-state index contributed by atoms with van der Waals surface area (Å²) >= 11 is 5.93. The summed E-state index contributed by atoms with van der Waals surface area (Å²) in [6, 6.07) is 8.01. The molecule has 22 heavy (non-hydrogen) atoms. The Morgan fingerprint density at radius 1 is 1.32 bits per heavy atom. The predicted octanol–water partition coefficient (Wildman–Crippen LogP) is 2.21. The zero-order chi connectivity index (χ0) is 15.6. The van der Waals surface area contributed by atoms with Crippen LogP contribution in [0.2, 0.25) is 5.02 Å². The smallest absolute Gasteiger partial charge is 0.230 e. The van der Waals surface area contributed by atoms with Gasteiger partial charge in [-0.2, -0.15) is 0 Å². The van der Waals surface area contributed by atoms with Gasteiger partial charge in [0, 0.05) is 30.7 Å². The maximum Gasteiger partial charge on any atom is 0.230 e. The van der Waals surface area contributed by atoms with Crippen molar-refractivity contribution >= 4 is 17.5 Å². The quantitative estimate of drug-likeness (QED) is 0.903. The van der Waals surface area contributed by atoms with Crippen molar-refractivity contribution in [1.29, 1.82) is 0 Å². The number of rotatable bonds is 5. The minimum absolute atomic E-state index is 0.148. The molecular weight excluding hydrogens is 300 g/mol. The standard InChI is InChI=1S/C17H23ClN2O2/c1-13(20-8-10-22-11-9-20)12-19-16(21)17(6-7-17)14-2-4-15(18)5-3-14/h2-5,13H,6-12H2,1H3,(H,19,21). The van der Waals surface area contributed by atoms with Gasteiger partial charge in [-0.25, -0.2) is 0 Å². The maximum absolute atomic E-state index is 12.6. The van der Waals surface area contributed by atoms with Gasteiger partial charge >= 0.3 is 0 Å². The summed E-state index contributed by atoms with van der Waals surface area (Å²) in [5.41, 5.74) is 0.753. The SMILES string of the molecule is CC(CNC(=O)C1(c2ccc(Cl)cc2)CC1)N1CCOCC1. The topological polar surface area (TPSA) is 41.6 Å². The number of halogens is 1. The van der Waals surface area contributed by atoms with E-state index >= 15 is 0 Å². The monoisotopic (exact) mass is 322 g/mol. The number of carbonyl (C=O) groups is 1. The van der Waals surface area contributed by atoms with E-state index in [-0.39, 0.29) is 11.3 Å². The Morgan fingerprint density at radius 2 is 1.95 bits per heavy atom. The molecule has 0 spiro atoms. The number of nitrogens with one attached hydrogen (secondary N) is 1. The lowest BCUT2D eigenvalue weighted by Gasteiger charge is -2.32. The lowest BCUT2D eigenvalue weighted by molar-refractivity contribution is -0.123. The van der Waals surface area contributed by atoms with Crippen molar-refractivity contribution in [2.45, 2.75) is 31.2 Å². The van der Waals surface area contributed by atoms with Crippen LogP contribution in [0.15, 0.2) is 24.3 Å². The molecule has 0 bridgehead atoms. The molecule has 5 heteroatoms. The summed E-state index contributed by atoms with van der Waals surface area (Å²) in [6.45, 7) is 6.31. The van der Waals surface area contributed by atoms with Crippen LogP contribution in [0.25, 0.3) is 0 Å². The van der Waals surface area contributed by atoms with Crippen molar-refractivity contribution in [3.63, 3.8) is 0 Å². The van der Waals surface area contributed by atoms with Gasteiger partial charge in [0.05, 0.1) is 18.6 Å². The predicted molar refractivity (Wildman–Crippen MR) is 87.2 cm³/mol. The second-order valence-corrected chi connectivity index (χ2v) is 6.73. The molecule has 1 aliphatic carbocycles. The number of nitrogens with zero attached hydrogens (tertiary/aromatic N) is 1.